The van der Waals surface area contributed by atoms with Crippen molar-refractivity contribution in [2.24, 2.45) is 23.5 Å². The lowest BCUT2D eigenvalue weighted by Crippen LogP contribution is -2.43. The third-order valence-corrected chi connectivity index (χ3v) is 4.34. The number of nitriles is 1. The fourth-order valence-electron chi connectivity index (χ4n) is 3.23. The van der Waals surface area contributed by atoms with Gasteiger partial charge in [-0.05, 0) is 38.1 Å². The minimum atomic E-state index is -0.190. The average molecular weight is 235 g/mol. The topological polar surface area (TPSA) is 70.1 Å². The summed E-state index contributed by atoms with van der Waals surface area (Å²) in [5.74, 6) is 0.631. The van der Waals surface area contributed by atoms with Crippen LogP contribution in [-0.4, -0.2) is 29.9 Å². The van der Waals surface area contributed by atoms with E-state index in [1.54, 1.807) is 0 Å². The number of rotatable bonds is 2. The predicted molar refractivity (Wildman–Crippen MR) is 64.8 cm³/mol. The fraction of sp³-hybridized carbons (Fsp3) is 0.846. The third kappa shape index (κ3) is 2.61. The molecule has 2 aliphatic rings. The molecule has 17 heavy (non-hydrogen) atoms. The lowest BCUT2D eigenvalue weighted by Gasteiger charge is -2.37. The van der Waals surface area contributed by atoms with Gasteiger partial charge >= 0.3 is 0 Å². The van der Waals surface area contributed by atoms with E-state index in [2.05, 4.69) is 17.9 Å². The van der Waals surface area contributed by atoms with Crippen molar-refractivity contribution in [2.75, 3.05) is 13.1 Å². The van der Waals surface area contributed by atoms with Crippen LogP contribution in [0.3, 0.4) is 0 Å². The van der Waals surface area contributed by atoms with Crippen LogP contribution in [-0.2, 0) is 4.79 Å². The molecule has 0 aromatic rings. The Balaban J connectivity index is 2.01. The van der Waals surface area contributed by atoms with E-state index in [-0.39, 0.29) is 17.7 Å². The Morgan fingerprint density at radius 2 is 2.18 bits per heavy atom. The van der Waals surface area contributed by atoms with Crippen molar-refractivity contribution < 1.29 is 4.79 Å². The second kappa shape index (κ2) is 5.05. The maximum Gasteiger partial charge on any atom is 0.221 e. The molecule has 0 aromatic heterocycles. The maximum atomic E-state index is 11.2. The SMILES string of the molecule is CC1CCC(C#N)C(N2CCC(C(N)=O)C2)C1. The molecule has 2 N–H and O–H groups in total. The quantitative estimate of drug-likeness (QED) is 0.779. The van der Waals surface area contributed by atoms with Crippen LogP contribution in [0.2, 0.25) is 0 Å². The van der Waals surface area contributed by atoms with Crippen molar-refractivity contribution in [1.82, 2.24) is 4.90 Å². The molecule has 1 saturated heterocycles. The molecule has 1 aliphatic heterocycles. The van der Waals surface area contributed by atoms with E-state index in [0.29, 0.717) is 12.0 Å². The minimum Gasteiger partial charge on any atom is -0.369 e. The Morgan fingerprint density at radius 3 is 2.76 bits per heavy atom. The van der Waals surface area contributed by atoms with Gasteiger partial charge in [-0.1, -0.05) is 6.92 Å². The first-order valence-corrected chi connectivity index (χ1v) is 6.54. The summed E-state index contributed by atoms with van der Waals surface area (Å²) in [6, 6.07) is 2.78. The normalized spacial score (nSPS) is 38.8. The van der Waals surface area contributed by atoms with E-state index in [9.17, 15) is 10.1 Å². The molecule has 1 aliphatic carbocycles. The largest absolute Gasteiger partial charge is 0.369 e. The van der Waals surface area contributed by atoms with E-state index in [4.69, 9.17) is 5.73 Å². The summed E-state index contributed by atoms with van der Waals surface area (Å²) < 4.78 is 0. The van der Waals surface area contributed by atoms with Gasteiger partial charge in [-0.3, -0.25) is 9.69 Å². The first-order chi connectivity index (χ1) is 8.11. The molecule has 0 radical (unpaired) electrons. The van der Waals surface area contributed by atoms with Crippen molar-refractivity contribution in [3.05, 3.63) is 0 Å². The number of likely N-dealkylation sites (tertiary alicyclic amines) is 1. The molecular formula is C13H21N3O. The smallest absolute Gasteiger partial charge is 0.221 e. The van der Waals surface area contributed by atoms with Crippen molar-refractivity contribution >= 4 is 5.91 Å². The maximum absolute atomic E-state index is 11.2. The van der Waals surface area contributed by atoms with E-state index >= 15 is 0 Å². The van der Waals surface area contributed by atoms with Gasteiger partial charge in [0, 0.05) is 12.6 Å². The van der Waals surface area contributed by atoms with Crippen LogP contribution in [0.4, 0.5) is 0 Å². The van der Waals surface area contributed by atoms with Crippen molar-refractivity contribution in [1.29, 1.82) is 5.26 Å². The highest BCUT2D eigenvalue weighted by atomic mass is 16.1. The predicted octanol–water partition coefficient (Wildman–Crippen LogP) is 1.12. The van der Waals surface area contributed by atoms with E-state index in [1.165, 1.54) is 0 Å². The molecule has 4 atom stereocenters. The number of nitrogens with two attached hydrogens (primary N) is 1. The number of carbonyl (C=O) groups excluding carboxylic acids is 1. The summed E-state index contributed by atoms with van der Waals surface area (Å²) in [5, 5.41) is 9.21. The summed E-state index contributed by atoms with van der Waals surface area (Å²) >= 11 is 0. The van der Waals surface area contributed by atoms with Gasteiger partial charge in [-0.15, -0.1) is 0 Å². The highest BCUT2D eigenvalue weighted by Gasteiger charge is 2.37. The lowest BCUT2D eigenvalue weighted by atomic mass is 9.79. The molecule has 4 nitrogen and oxygen atoms in total. The molecule has 1 saturated carbocycles. The van der Waals surface area contributed by atoms with Gasteiger partial charge in [-0.2, -0.15) is 5.26 Å². The summed E-state index contributed by atoms with van der Waals surface area (Å²) in [7, 11) is 0. The lowest BCUT2D eigenvalue weighted by molar-refractivity contribution is -0.121. The molecule has 1 heterocycles. The molecule has 0 bridgehead atoms. The Morgan fingerprint density at radius 1 is 1.41 bits per heavy atom. The summed E-state index contributed by atoms with van der Waals surface area (Å²) in [6.45, 7) is 3.93. The van der Waals surface area contributed by atoms with Crippen molar-refractivity contribution in [2.45, 2.75) is 38.6 Å². The van der Waals surface area contributed by atoms with Crippen LogP contribution >= 0.6 is 0 Å². The summed E-state index contributed by atoms with van der Waals surface area (Å²) in [6.07, 6.45) is 4.10. The number of amides is 1. The van der Waals surface area contributed by atoms with Gasteiger partial charge in [0.1, 0.15) is 0 Å². The number of nitrogens with zero attached hydrogens (tertiary/aromatic N) is 2. The van der Waals surface area contributed by atoms with Gasteiger partial charge in [0.15, 0.2) is 0 Å². The molecule has 0 aromatic carbocycles. The Labute approximate surface area is 103 Å². The van der Waals surface area contributed by atoms with E-state index in [0.717, 1.165) is 38.8 Å². The van der Waals surface area contributed by atoms with E-state index in [1.807, 2.05) is 0 Å². The first-order valence-electron chi connectivity index (χ1n) is 6.54. The Bertz CT molecular complexity index is 336. The number of primary amides is 1. The number of hydrogen-bond donors (Lipinski definition) is 1. The summed E-state index contributed by atoms with van der Waals surface area (Å²) in [5.41, 5.74) is 5.35. The zero-order valence-corrected chi connectivity index (χ0v) is 10.4. The first kappa shape index (κ1) is 12.4. The third-order valence-electron chi connectivity index (χ3n) is 4.34. The summed E-state index contributed by atoms with van der Waals surface area (Å²) in [4.78, 5) is 13.5. The molecule has 4 heteroatoms. The number of hydrogen-bond acceptors (Lipinski definition) is 3. The molecule has 0 spiro atoms. The van der Waals surface area contributed by atoms with Crippen molar-refractivity contribution in [3.8, 4) is 6.07 Å². The van der Waals surface area contributed by atoms with Gasteiger partial charge in [-0.25, -0.2) is 0 Å². The van der Waals surface area contributed by atoms with Gasteiger partial charge in [0.05, 0.1) is 17.9 Å². The second-order valence-corrected chi connectivity index (χ2v) is 5.60. The molecule has 4 unspecified atom stereocenters. The van der Waals surface area contributed by atoms with Crippen LogP contribution in [0.15, 0.2) is 0 Å². The highest BCUT2D eigenvalue weighted by molar-refractivity contribution is 5.77. The van der Waals surface area contributed by atoms with Gasteiger partial charge in [0.2, 0.25) is 5.91 Å². The monoisotopic (exact) mass is 235 g/mol. The van der Waals surface area contributed by atoms with Gasteiger partial charge in [0.25, 0.3) is 0 Å². The van der Waals surface area contributed by atoms with Crippen LogP contribution in [0.25, 0.3) is 0 Å². The number of carbonyl (C=O) groups is 1. The molecule has 1 amide bonds. The van der Waals surface area contributed by atoms with Gasteiger partial charge < -0.3 is 5.73 Å². The van der Waals surface area contributed by atoms with Crippen LogP contribution in [0.5, 0.6) is 0 Å². The molecular weight excluding hydrogens is 214 g/mol. The molecule has 2 fully saturated rings. The zero-order chi connectivity index (χ0) is 12.4. The fourth-order valence-corrected chi connectivity index (χ4v) is 3.23. The highest BCUT2D eigenvalue weighted by Crippen LogP contribution is 2.34. The van der Waals surface area contributed by atoms with E-state index < -0.39 is 0 Å². The van der Waals surface area contributed by atoms with Crippen LogP contribution < -0.4 is 5.73 Å². The standard InChI is InChI=1S/C13H21N3O/c1-9-2-3-10(7-14)12(6-9)16-5-4-11(8-16)13(15)17/h9-12H,2-6,8H2,1H3,(H2,15,17). The molecule has 94 valence electrons. The molecule has 2 rings (SSSR count). The Kier molecular flexibility index (Phi) is 3.68. The Hall–Kier alpha value is -1.08. The second-order valence-electron chi connectivity index (χ2n) is 5.60. The van der Waals surface area contributed by atoms with Crippen LogP contribution in [0, 0.1) is 29.1 Å². The zero-order valence-electron chi connectivity index (χ0n) is 10.4. The van der Waals surface area contributed by atoms with Crippen molar-refractivity contribution in [3.63, 3.8) is 0 Å². The van der Waals surface area contributed by atoms with Crippen LogP contribution in [0.1, 0.15) is 32.6 Å². The average Bonchev–Trinajstić information content (AvgIpc) is 2.78. The minimum absolute atomic E-state index is 0.00780.